The van der Waals surface area contributed by atoms with Gasteiger partial charge >= 0.3 is 0 Å². The Hall–Kier alpha value is -1.41. The number of halogens is 1. The van der Waals surface area contributed by atoms with Crippen LogP contribution in [-0.2, 0) is 0 Å². The van der Waals surface area contributed by atoms with E-state index in [1.165, 1.54) is 0 Å². The van der Waals surface area contributed by atoms with Gasteiger partial charge in [-0.2, -0.15) is 0 Å². The molecule has 1 aliphatic rings. The van der Waals surface area contributed by atoms with Gasteiger partial charge in [0.2, 0.25) is 0 Å². The normalized spacial score (nSPS) is 12.5. The molecule has 0 bridgehead atoms. The first kappa shape index (κ1) is 9.79. The quantitative estimate of drug-likeness (QED) is 0.605. The predicted molar refractivity (Wildman–Crippen MR) is 67.7 cm³/mol. The molecule has 0 saturated heterocycles. The van der Waals surface area contributed by atoms with Crippen LogP contribution in [0.5, 0.6) is 0 Å². The molecule has 3 rings (SSSR count). The van der Waals surface area contributed by atoms with Crippen LogP contribution in [0.2, 0.25) is 0 Å². The average Bonchev–Trinajstić information content (AvgIpc) is 2.55. The summed E-state index contributed by atoms with van der Waals surface area (Å²) in [5.41, 5.74) is 4.82. The molecule has 0 amide bonds. The molecule has 78 valence electrons. The molecule has 0 saturated carbocycles. The Bertz CT molecular complexity index is 614. The third-order valence-electron chi connectivity index (χ3n) is 3.01. The molecule has 1 nitrogen and oxygen atoms in total. The largest absolute Gasteiger partial charge is 0.289 e. The minimum Gasteiger partial charge on any atom is -0.289 e. The number of ketones is 1. The highest BCUT2D eigenvalue weighted by molar-refractivity contribution is 9.10. The highest BCUT2D eigenvalue weighted by atomic mass is 79.9. The summed E-state index contributed by atoms with van der Waals surface area (Å²) < 4.78 is 1.05. The van der Waals surface area contributed by atoms with Gasteiger partial charge in [-0.1, -0.05) is 40.2 Å². The van der Waals surface area contributed by atoms with E-state index in [0.29, 0.717) is 0 Å². The number of carbonyl (C=O) groups is 1. The molecular formula is C14H9BrO. The van der Waals surface area contributed by atoms with Crippen molar-refractivity contribution in [1.29, 1.82) is 0 Å². The summed E-state index contributed by atoms with van der Waals surface area (Å²) >= 11 is 3.51. The number of aryl methyl sites for hydroxylation is 1. The lowest BCUT2D eigenvalue weighted by atomic mass is 10.0. The molecule has 0 radical (unpaired) electrons. The molecule has 0 unspecified atom stereocenters. The van der Waals surface area contributed by atoms with Crippen LogP contribution in [-0.4, -0.2) is 5.78 Å². The third kappa shape index (κ3) is 1.20. The minimum atomic E-state index is 0.140. The van der Waals surface area contributed by atoms with E-state index in [1.54, 1.807) is 0 Å². The van der Waals surface area contributed by atoms with Gasteiger partial charge in [-0.25, -0.2) is 0 Å². The smallest absolute Gasteiger partial charge is 0.194 e. The summed E-state index contributed by atoms with van der Waals surface area (Å²) in [6.07, 6.45) is 0. The first-order valence-electron chi connectivity index (χ1n) is 5.13. The monoisotopic (exact) mass is 272 g/mol. The van der Waals surface area contributed by atoms with E-state index in [1.807, 2.05) is 43.3 Å². The van der Waals surface area contributed by atoms with Crippen LogP contribution in [0.15, 0.2) is 40.9 Å². The van der Waals surface area contributed by atoms with E-state index in [0.717, 1.165) is 32.3 Å². The van der Waals surface area contributed by atoms with Crippen LogP contribution in [0.25, 0.3) is 11.1 Å². The van der Waals surface area contributed by atoms with E-state index in [4.69, 9.17) is 0 Å². The Morgan fingerprint density at radius 2 is 1.62 bits per heavy atom. The molecule has 0 spiro atoms. The second kappa shape index (κ2) is 3.29. The molecule has 0 aromatic heterocycles. The molecule has 2 aromatic carbocycles. The summed E-state index contributed by atoms with van der Waals surface area (Å²) in [7, 11) is 0. The SMILES string of the molecule is Cc1cc2c(cc1Br)-c1ccccc1C2=O. The van der Waals surface area contributed by atoms with Crippen LogP contribution in [0.1, 0.15) is 21.5 Å². The van der Waals surface area contributed by atoms with Crippen molar-refractivity contribution < 1.29 is 4.79 Å². The summed E-state index contributed by atoms with van der Waals surface area (Å²) in [6, 6.07) is 11.8. The lowest BCUT2D eigenvalue weighted by Crippen LogP contribution is -1.95. The maximum atomic E-state index is 12.1. The zero-order valence-corrected chi connectivity index (χ0v) is 10.3. The predicted octanol–water partition coefficient (Wildman–Crippen LogP) is 3.97. The van der Waals surface area contributed by atoms with Crippen LogP contribution in [0.3, 0.4) is 0 Å². The third-order valence-corrected chi connectivity index (χ3v) is 3.86. The maximum absolute atomic E-state index is 12.1. The van der Waals surface area contributed by atoms with Crippen molar-refractivity contribution in [2.24, 2.45) is 0 Å². The number of carbonyl (C=O) groups excluding carboxylic acids is 1. The number of hydrogen-bond donors (Lipinski definition) is 0. The number of rotatable bonds is 0. The van der Waals surface area contributed by atoms with Crippen molar-refractivity contribution in [2.75, 3.05) is 0 Å². The van der Waals surface area contributed by atoms with Crippen molar-refractivity contribution in [3.8, 4) is 11.1 Å². The highest BCUT2D eigenvalue weighted by Gasteiger charge is 2.26. The zero-order chi connectivity index (χ0) is 11.3. The van der Waals surface area contributed by atoms with Crippen molar-refractivity contribution >= 4 is 21.7 Å². The number of fused-ring (bicyclic) bond motifs is 3. The summed E-state index contributed by atoms with van der Waals surface area (Å²) in [4.78, 5) is 12.1. The second-order valence-corrected chi connectivity index (χ2v) is 4.88. The topological polar surface area (TPSA) is 17.1 Å². The van der Waals surface area contributed by atoms with Gasteiger partial charge in [0.25, 0.3) is 0 Å². The molecule has 2 aromatic rings. The Labute approximate surface area is 102 Å². The fourth-order valence-corrected chi connectivity index (χ4v) is 2.50. The molecule has 0 atom stereocenters. The van der Waals surface area contributed by atoms with Gasteiger partial charge in [0.05, 0.1) is 0 Å². The lowest BCUT2D eigenvalue weighted by molar-refractivity contribution is 0.104. The van der Waals surface area contributed by atoms with E-state index in [-0.39, 0.29) is 5.78 Å². The summed E-state index contributed by atoms with van der Waals surface area (Å²) in [5, 5.41) is 0. The van der Waals surface area contributed by atoms with Crippen LogP contribution < -0.4 is 0 Å². The molecule has 1 aliphatic carbocycles. The summed E-state index contributed by atoms with van der Waals surface area (Å²) in [5.74, 6) is 0.140. The van der Waals surface area contributed by atoms with Crippen LogP contribution in [0, 0.1) is 6.92 Å². The van der Waals surface area contributed by atoms with E-state index in [2.05, 4.69) is 15.9 Å². The van der Waals surface area contributed by atoms with Crippen molar-refractivity contribution in [1.82, 2.24) is 0 Å². The Morgan fingerprint density at radius 3 is 2.38 bits per heavy atom. The zero-order valence-electron chi connectivity index (χ0n) is 8.75. The van der Waals surface area contributed by atoms with Gasteiger partial charge in [-0.3, -0.25) is 4.79 Å². The van der Waals surface area contributed by atoms with Crippen LogP contribution >= 0.6 is 15.9 Å². The van der Waals surface area contributed by atoms with Crippen LogP contribution in [0.4, 0.5) is 0 Å². The highest BCUT2D eigenvalue weighted by Crippen LogP contribution is 2.38. The average molecular weight is 273 g/mol. The maximum Gasteiger partial charge on any atom is 0.194 e. The number of benzene rings is 2. The first-order chi connectivity index (χ1) is 7.68. The number of hydrogen-bond acceptors (Lipinski definition) is 1. The molecule has 0 aliphatic heterocycles. The van der Waals surface area contributed by atoms with Gasteiger partial charge in [0.15, 0.2) is 5.78 Å². The van der Waals surface area contributed by atoms with E-state index in [9.17, 15) is 4.79 Å². The van der Waals surface area contributed by atoms with Gasteiger partial charge in [0, 0.05) is 15.6 Å². The molecule has 0 N–H and O–H groups in total. The summed E-state index contributed by atoms with van der Waals surface area (Å²) in [6.45, 7) is 2.00. The van der Waals surface area contributed by atoms with Crippen molar-refractivity contribution in [3.63, 3.8) is 0 Å². The van der Waals surface area contributed by atoms with Gasteiger partial charge in [-0.05, 0) is 35.7 Å². The molecule has 0 fully saturated rings. The fraction of sp³-hybridized carbons (Fsp3) is 0.0714. The minimum absolute atomic E-state index is 0.140. The molecule has 0 heterocycles. The Kier molecular flexibility index (Phi) is 2.01. The van der Waals surface area contributed by atoms with E-state index < -0.39 is 0 Å². The van der Waals surface area contributed by atoms with E-state index >= 15 is 0 Å². The van der Waals surface area contributed by atoms with Crippen molar-refractivity contribution in [2.45, 2.75) is 6.92 Å². The molecular weight excluding hydrogens is 264 g/mol. The first-order valence-corrected chi connectivity index (χ1v) is 5.92. The Morgan fingerprint density at radius 1 is 0.938 bits per heavy atom. The lowest BCUT2D eigenvalue weighted by Gasteiger charge is -2.03. The fourth-order valence-electron chi connectivity index (χ4n) is 2.15. The molecule has 2 heteroatoms. The Balaban J connectivity index is 2.38. The van der Waals surface area contributed by atoms with Gasteiger partial charge < -0.3 is 0 Å². The second-order valence-electron chi connectivity index (χ2n) is 4.02. The van der Waals surface area contributed by atoms with Gasteiger partial charge in [0.1, 0.15) is 0 Å². The molecule has 16 heavy (non-hydrogen) atoms. The van der Waals surface area contributed by atoms with Crippen molar-refractivity contribution in [3.05, 3.63) is 57.6 Å². The standard InChI is InChI=1S/C14H9BrO/c1-8-6-12-11(7-13(8)15)9-4-2-3-5-10(9)14(12)16/h2-7H,1H3. The van der Waals surface area contributed by atoms with Gasteiger partial charge in [-0.15, -0.1) is 0 Å².